The van der Waals surface area contributed by atoms with E-state index in [2.05, 4.69) is 15.5 Å². The van der Waals surface area contributed by atoms with E-state index in [9.17, 15) is 14.9 Å². The van der Waals surface area contributed by atoms with Crippen LogP contribution in [0.15, 0.2) is 60.7 Å². The Labute approximate surface area is 198 Å². The first-order chi connectivity index (χ1) is 16.5. The lowest BCUT2D eigenvalue weighted by atomic mass is 10.1. The van der Waals surface area contributed by atoms with Crippen LogP contribution >= 0.6 is 11.6 Å². The molecule has 1 amide bonds. The van der Waals surface area contributed by atoms with Crippen molar-refractivity contribution in [1.29, 1.82) is 0 Å². The Kier molecular flexibility index (Phi) is 5.83. The van der Waals surface area contributed by atoms with Gasteiger partial charge in [-0.3, -0.25) is 14.9 Å². The fourth-order valence-corrected chi connectivity index (χ4v) is 4.00. The third-order valence-electron chi connectivity index (χ3n) is 5.49. The molecule has 0 bridgehead atoms. The standard InChI is InChI=1S/C23H19ClN6O4/c24-18-13-20-21(27-29(26-20)15-4-2-1-3-5-15)14-19(18)25-23(31)17-12-16(30(32)33)6-7-22(17)28-8-10-34-11-9-28/h1-7,12-14H,8-11H2,(H,25,31). The molecule has 3 aromatic carbocycles. The van der Waals surface area contributed by atoms with Crippen LogP contribution in [0, 0.1) is 10.1 Å². The highest BCUT2D eigenvalue weighted by atomic mass is 35.5. The molecule has 1 aliphatic rings. The van der Waals surface area contributed by atoms with E-state index in [-0.39, 0.29) is 16.3 Å². The molecule has 1 N–H and O–H groups in total. The van der Waals surface area contributed by atoms with Gasteiger partial charge in [-0.25, -0.2) is 0 Å². The van der Waals surface area contributed by atoms with E-state index >= 15 is 0 Å². The van der Waals surface area contributed by atoms with Crippen LogP contribution in [0.3, 0.4) is 0 Å². The predicted octanol–water partition coefficient (Wildman–Crippen LogP) is 4.07. The van der Waals surface area contributed by atoms with Crippen LogP contribution in [0.2, 0.25) is 5.02 Å². The number of nitrogens with one attached hydrogen (secondary N) is 1. The first-order valence-electron chi connectivity index (χ1n) is 10.5. The number of hydrogen-bond acceptors (Lipinski definition) is 7. The normalized spacial score (nSPS) is 13.7. The van der Waals surface area contributed by atoms with Gasteiger partial charge in [-0.1, -0.05) is 29.8 Å². The molecular formula is C23H19ClN6O4. The third kappa shape index (κ3) is 4.28. The molecule has 34 heavy (non-hydrogen) atoms. The molecule has 10 nitrogen and oxygen atoms in total. The molecule has 0 unspecified atom stereocenters. The van der Waals surface area contributed by atoms with E-state index in [0.29, 0.717) is 48.7 Å². The summed E-state index contributed by atoms with van der Waals surface area (Å²) in [4.78, 5) is 27.6. The number of carbonyl (C=O) groups excluding carboxylic acids is 1. The van der Waals surface area contributed by atoms with Crippen molar-refractivity contribution in [3.05, 3.63) is 81.4 Å². The van der Waals surface area contributed by atoms with Gasteiger partial charge in [0.25, 0.3) is 11.6 Å². The number of benzene rings is 3. The summed E-state index contributed by atoms with van der Waals surface area (Å²) in [6.45, 7) is 2.18. The summed E-state index contributed by atoms with van der Waals surface area (Å²) in [5.74, 6) is -0.512. The Morgan fingerprint density at radius 2 is 1.74 bits per heavy atom. The molecule has 1 saturated heterocycles. The van der Waals surface area contributed by atoms with E-state index in [1.807, 2.05) is 35.2 Å². The molecule has 5 rings (SSSR count). The Morgan fingerprint density at radius 1 is 1.03 bits per heavy atom. The highest BCUT2D eigenvalue weighted by molar-refractivity contribution is 6.34. The topological polar surface area (TPSA) is 115 Å². The van der Waals surface area contributed by atoms with Crippen LogP contribution in [-0.4, -0.2) is 52.1 Å². The summed E-state index contributed by atoms with van der Waals surface area (Å²) < 4.78 is 5.39. The maximum Gasteiger partial charge on any atom is 0.270 e. The number of ether oxygens (including phenoxy) is 1. The smallest absolute Gasteiger partial charge is 0.270 e. The second-order valence-electron chi connectivity index (χ2n) is 7.66. The number of nitrogens with zero attached hydrogens (tertiary/aromatic N) is 5. The number of nitro benzene ring substituents is 1. The van der Waals surface area contributed by atoms with Crippen molar-refractivity contribution in [2.45, 2.75) is 0 Å². The lowest BCUT2D eigenvalue weighted by Crippen LogP contribution is -2.37. The van der Waals surface area contributed by atoms with Crippen molar-refractivity contribution in [2.75, 3.05) is 36.5 Å². The number of aromatic nitrogens is 3. The average Bonchev–Trinajstić information content (AvgIpc) is 3.27. The summed E-state index contributed by atoms with van der Waals surface area (Å²) in [5.41, 5.74) is 2.83. The molecule has 1 aromatic heterocycles. The molecule has 1 fully saturated rings. The van der Waals surface area contributed by atoms with Crippen molar-refractivity contribution in [1.82, 2.24) is 15.0 Å². The molecule has 11 heteroatoms. The van der Waals surface area contributed by atoms with Crippen molar-refractivity contribution in [3.8, 4) is 5.69 Å². The van der Waals surface area contributed by atoms with Crippen LogP contribution in [-0.2, 0) is 4.74 Å². The van der Waals surface area contributed by atoms with Gasteiger partial charge >= 0.3 is 0 Å². The minimum atomic E-state index is -0.527. The molecule has 172 valence electrons. The first-order valence-corrected chi connectivity index (χ1v) is 10.9. The SMILES string of the molecule is O=C(Nc1cc2nn(-c3ccccc3)nc2cc1Cl)c1cc([N+](=O)[O-])ccc1N1CCOCC1. The van der Waals surface area contributed by atoms with E-state index in [1.54, 1.807) is 18.2 Å². The second kappa shape index (κ2) is 9.08. The Morgan fingerprint density at radius 3 is 2.44 bits per heavy atom. The van der Waals surface area contributed by atoms with Crippen LogP contribution in [0.25, 0.3) is 16.7 Å². The van der Waals surface area contributed by atoms with Gasteiger partial charge in [0.2, 0.25) is 0 Å². The fourth-order valence-electron chi connectivity index (χ4n) is 3.80. The van der Waals surface area contributed by atoms with Gasteiger partial charge < -0.3 is 15.0 Å². The molecule has 0 atom stereocenters. The average molecular weight is 479 g/mol. The van der Waals surface area contributed by atoms with Crippen molar-refractivity contribution in [2.24, 2.45) is 0 Å². The summed E-state index contributed by atoms with van der Waals surface area (Å²) in [6.07, 6.45) is 0. The lowest BCUT2D eigenvalue weighted by molar-refractivity contribution is -0.384. The van der Waals surface area contributed by atoms with E-state index < -0.39 is 10.8 Å². The van der Waals surface area contributed by atoms with E-state index in [0.717, 1.165) is 5.69 Å². The third-order valence-corrected chi connectivity index (χ3v) is 5.80. The number of hydrogen-bond donors (Lipinski definition) is 1. The summed E-state index contributed by atoms with van der Waals surface area (Å²) in [5, 5.41) is 23.3. The molecule has 0 radical (unpaired) electrons. The van der Waals surface area contributed by atoms with Gasteiger partial charge in [0.05, 0.1) is 45.8 Å². The largest absolute Gasteiger partial charge is 0.378 e. The Hall–Kier alpha value is -4.02. The minimum absolute atomic E-state index is 0.172. The number of rotatable bonds is 5. The summed E-state index contributed by atoms with van der Waals surface area (Å²) >= 11 is 6.43. The number of anilines is 2. The maximum absolute atomic E-state index is 13.3. The van der Waals surface area contributed by atoms with Crippen molar-refractivity contribution < 1.29 is 14.5 Å². The number of fused-ring (bicyclic) bond motifs is 1. The van der Waals surface area contributed by atoms with Crippen LogP contribution < -0.4 is 10.2 Å². The van der Waals surface area contributed by atoms with Crippen molar-refractivity contribution >= 4 is 45.6 Å². The quantitative estimate of drug-likeness (QED) is 0.339. The zero-order chi connectivity index (χ0) is 23.7. The monoisotopic (exact) mass is 478 g/mol. The molecule has 4 aromatic rings. The number of amides is 1. The number of non-ortho nitro benzene ring substituents is 1. The molecule has 1 aliphatic heterocycles. The van der Waals surface area contributed by atoms with Gasteiger partial charge in [-0.05, 0) is 30.3 Å². The zero-order valence-electron chi connectivity index (χ0n) is 17.8. The molecular weight excluding hydrogens is 460 g/mol. The second-order valence-corrected chi connectivity index (χ2v) is 8.07. The zero-order valence-corrected chi connectivity index (χ0v) is 18.6. The van der Waals surface area contributed by atoms with Crippen LogP contribution in [0.1, 0.15) is 10.4 Å². The van der Waals surface area contributed by atoms with Gasteiger partial charge in [-0.15, -0.1) is 10.2 Å². The van der Waals surface area contributed by atoms with E-state index in [4.69, 9.17) is 16.3 Å². The Balaban J connectivity index is 1.48. The highest BCUT2D eigenvalue weighted by Gasteiger charge is 2.23. The molecule has 2 heterocycles. The summed E-state index contributed by atoms with van der Waals surface area (Å²) in [6, 6.07) is 16.9. The number of halogens is 1. The number of para-hydroxylation sites is 1. The maximum atomic E-state index is 13.3. The number of carbonyl (C=O) groups is 1. The summed E-state index contributed by atoms with van der Waals surface area (Å²) in [7, 11) is 0. The Bertz CT molecular complexity index is 1390. The minimum Gasteiger partial charge on any atom is -0.378 e. The highest BCUT2D eigenvalue weighted by Crippen LogP contribution is 2.30. The van der Waals surface area contributed by atoms with Gasteiger partial charge in [0, 0.05) is 25.2 Å². The first kappa shape index (κ1) is 21.8. The fraction of sp³-hybridized carbons (Fsp3) is 0.174. The van der Waals surface area contributed by atoms with Gasteiger partial charge in [0.15, 0.2) is 0 Å². The van der Waals surface area contributed by atoms with Crippen LogP contribution in [0.5, 0.6) is 0 Å². The predicted molar refractivity (Wildman–Crippen MR) is 128 cm³/mol. The lowest BCUT2D eigenvalue weighted by Gasteiger charge is -2.30. The van der Waals surface area contributed by atoms with Gasteiger partial charge in [-0.2, -0.15) is 4.80 Å². The molecule has 0 aliphatic carbocycles. The van der Waals surface area contributed by atoms with Crippen molar-refractivity contribution in [3.63, 3.8) is 0 Å². The number of morpholine rings is 1. The molecule has 0 spiro atoms. The van der Waals surface area contributed by atoms with Crippen LogP contribution in [0.4, 0.5) is 17.1 Å². The molecule has 0 saturated carbocycles. The van der Waals surface area contributed by atoms with E-state index in [1.165, 1.54) is 16.9 Å². The van der Waals surface area contributed by atoms with Gasteiger partial charge in [0.1, 0.15) is 11.0 Å². The number of nitro groups is 1.